The lowest BCUT2D eigenvalue weighted by Gasteiger charge is -2.30. The molecule has 0 bridgehead atoms. The molecule has 2 heterocycles. The minimum atomic E-state index is -3.83. The van der Waals surface area contributed by atoms with Crippen LogP contribution in [0.4, 0.5) is 5.88 Å². The fourth-order valence-electron chi connectivity index (χ4n) is 3.59. The number of nitrogens with zero attached hydrogens (tertiary/aromatic N) is 2. The molecule has 1 aliphatic rings. The van der Waals surface area contributed by atoms with Crippen molar-refractivity contribution < 1.29 is 17.6 Å². The fraction of sp³-hybridized carbons (Fsp3) is 0.348. The van der Waals surface area contributed by atoms with E-state index in [0.29, 0.717) is 23.1 Å². The summed E-state index contributed by atoms with van der Waals surface area (Å²) in [4.78, 5) is 6.68. The average Bonchev–Trinajstić information content (AvgIpc) is 3.21. The highest BCUT2D eigenvalue weighted by molar-refractivity contribution is 7.91. The van der Waals surface area contributed by atoms with Gasteiger partial charge in [-0.2, -0.15) is 4.98 Å². The molecule has 6 nitrogen and oxygen atoms in total. The molecule has 1 saturated heterocycles. The topological polar surface area (TPSA) is 72.6 Å². The maximum atomic E-state index is 13.5. The van der Waals surface area contributed by atoms with Gasteiger partial charge in [0.2, 0.25) is 26.6 Å². The van der Waals surface area contributed by atoms with Gasteiger partial charge >= 0.3 is 0 Å². The first-order valence-electron chi connectivity index (χ1n) is 10.1. The summed E-state index contributed by atoms with van der Waals surface area (Å²) in [6, 6.07) is 14.1. The minimum absolute atomic E-state index is 0.0290. The molecule has 0 spiro atoms. The van der Waals surface area contributed by atoms with Gasteiger partial charge in [0.05, 0.1) is 12.0 Å². The van der Waals surface area contributed by atoms with E-state index in [-0.39, 0.29) is 15.8 Å². The van der Waals surface area contributed by atoms with Crippen LogP contribution in [0.2, 0.25) is 0 Å². The molecule has 30 heavy (non-hydrogen) atoms. The quantitative estimate of drug-likeness (QED) is 0.587. The number of piperidine rings is 1. The van der Waals surface area contributed by atoms with Crippen molar-refractivity contribution in [3.63, 3.8) is 0 Å². The zero-order chi connectivity index (χ0) is 21.3. The van der Waals surface area contributed by atoms with Crippen LogP contribution in [0.5, 0.6) is 5.75 Å². The van der Waals surface area contributed by atoms with Gasteiger partial charge in [0.1, 0.15) is 5.75 Å². The summed E-state index contributed by atoms with van der Waals surface area (Å²) in [6.07, 6.45) is 1.97. The molecule has 1 fully saturated rings. The number of oxazole rings is 1. The lowest BCUT2D eigenvalue weighted by atomic mass is 9.99. The molecule has 158 valence electrons. The number of methoxy groups -OCH3 is 1. The van der Waals surface area contributed by atoms with Crippen molar-refractivity contribution >= 4 is 15.7 Å². The van der Waals surface area contributed by atoms with E-state index in [1.165, 1.54) is 0 Å². The third-order valence-corrected chi connectivity index (χ3v) is 7.22. The fourth-order valence-corrected chi connectivity index (χ4v) is 4.91. The number of sulfone groups is 1. The van der Waals surface area contributed by atoms with Crippen molar-refractivity contribution in [1.82, 2.24) is 4.98 Å². The first kappa shape index (κ1) is 20.5. The Kier molecular flexibility index (Phi) is 5.56. The molecule has 0 radical (unpaired) electrons. The summed E-state index contributed by atoms with van der Waals surface area (Å²) >= 11 is 0. The van der Waals surface area contributed by atoms with E-state index in [0.717, 1.165) is 31.5 Å². The highest BCUT2D eigenvalue weighted by Gasteiger charge is 2.32. The third kappa shape index (κ3) is 3.94. The second kappa shape index (κ2) is 8.14. The van der Waals surface area contributed by atoms with Crippen LogP contribution in [0, 0.1) is 12.8 Å². The van der Waals surface area contributed by atoms with Crippen LogP contribution in [0.1, 0.15) is 25.3 Å². The second-order valence-electron chi connectivity index (χ2n) is 7.85. The smallest absolute Gasteiger partial charge is 0.236 e. The summed E-state index contributed by atoms with van der Waals surface area (Å²) in [5.74, 6) is 1.86. The summed E-state index contributed by atoms with van der Waals surface area (Å²) in [7, 11) is -2.24. The number of benzene rings is 2. The van der Waals surface area contributed by atoms with Crippen LogP contribution in [-0.2, 0) is 9.84 Å². The molecule has 1 aliphatic heterocycles. The van der Waals surface area contributed by atoms with Crippen LogP contribution in [0.25, 0.3) is 11.5 Å². The van der Waals surface area contributed by atoms with E-state index in [4.69, 9.17) is 9.15 Å². The van der Waals surface area contributed by atoms with Gasteiger partial charge < -0.3 is 14.1 Å². The van der Waals surface area contributed by atoms with E-state index in [2.05, 4.69) is 11.9 Å². The van der Waals surface area contributed by atoms with Crippen LogP contribution in [0.15, 0.2) is 62.9 Å². The second-order valence-corrected chi connectivity index (χ2v) is 9.71. The maximum absolute atomic E-state index is 13.5. The molecule has 2 aromatic carbocycles. The Morgan fingerprint density at radius 2 is 1.80 bits per heavy atom. The third-order valence-electron chi connectivity index (χ3n) is 5.55. The maximum Gasteiger partial charge on any atom is 0.236 e. The normalized spacial score (nSPS) is 15.4. The molecule has 0 aliphatic carbocycles. The number of rotatable bonds is 5. The highest BCUT2D eigenvalue weighted by Crippen LogP contribution is 2.37. The highest BCUT2D eigenvalue weighted by atomic mass is 32.2. The van der Waals surface area contributed by atoms with Crippen LogP contribution in [-0.4, -0.2) is 33.6 Å². The van der Waals surface area contributed by atoms with Crippen molar-refractivity contribution in [3.8, 4) is 17.2 Å². The SMILES string of the molecule is COc1cccc(-c2nc(S(=O)(=O)c3ccc(C)cc3)c(N3CCC(C)CC3)o2)c1. The van der Waals surface area contributed by atoms with Crippen molar-refractivity contribution in [3.05, 3.63) is 54.1 Å². The Morgan fingerprint density at radius 3 is 2.47 bits per heavy atom. The first-order chi connectivity index (χ1) is 14.4. The molecule has 0 unspecified atom stereocenters. The van der Waals surface area contributed by atoms with E-state index in [1.807, 2.05) is 30.0 Å². The lowest BCUT2D eigenvalue weighted by molar-refractivity contribution is 0.413. The monoisotopic (exact) mass is 426 g/mol. The molecule has 0 atom stereocenters. The van der Waals surface area contributed by atoms with Gasteiger partial charge in [0.25, 0.3) is 0 Å². The number of aryl methyl sites for hydroxylation is 1. The lowest BCUT2D eigenvalue weighted by Crippen LogP contribution is -2.33. The van der Waals surface area contributed by atoms with Crippen molar-refractivity contribution in [2.24, 2.45) is 5.92 Å². The van der Waals surface area contributed by atoms with Gasteiger partial charge in [0.15, 0.2) is 0 Å². The average molecular weight is 427 g/mol. The molecule has 3 aromatic rings. The van der Waals surface area contributed by atoms with Gasteiger partial charge in [0, 0.05) is 18.7 Å². The standard InChI is InChI=1S/C23H26N2O4S/c1-16-7-9-20(10-8-16)30(26,27)22-23(25-13-11-17(2)12-14-25)29-21(24-22)18-5-4-6-19(15-18)28-3/h4-10,15,17H,11-14H2,1-3H3. The van der Waals surface area contributed by atoms with Crippen molar-refractivity contribution in [1.29, 1.82) is 0 Å². The molecule has 1 aromatic heterocycles. The van der Waals surface area contributed by atoms with Gasteiger partial charge in [-0.3, -0.25) is 0 Å². The minimum Gasteiger partial charge on any atom is -0.497 e. The van der Waals surface area contributed by atoms with Gasteiger partial charge in [-0.1, -0.05) is 30.7 Å². The van der Waals surface area contributed by atoms with Crippen LogP contribution in [0.3, 0.4) is 0 Å². The Labute approximate surface area is 177 Å². The van der Waals surface area contributed by atoms with Crippen molar-refractivity contribution in [2.45, 2.75) is 36.6 Å². The summed E-state index contributed by atoms with van der Waals surface area (Å²) in [5, 5.41) is -0.0290. The largest absolute Gasteiger partial charge is 0.497 e. The molecule has 0 N–H and O–H groups in total. The van der Waals surface area contributed by atoms with Crippen LogP contribution >= 0.6 is 0 Å². The molecular weight excluding hydrogens is 400 g/mol. The number of ether oxygens (including phenoxy) is 1. The molecule has 0 amide bonds. The number of hydrogen-bond acceptors (Lipinski definition) is 6. The molecule has 0 saturated carbocycles. The molecule has 7 heteroatoms. The Balaban J connectivity index is 1.83. The van der Waals surface area contributed by atoms with Gasteiger partial charge in [-0.15, -0.1) is 0 Å². The van der Waals surface area contributed by atoms with Crippen molar-refractivity contribution in [2.75, 3.05) is 25.1 Å². The van der Waals surface area contributed by atoms with E-state index in [1.54, 1.807) is 37.4 Å². The van der Waals surface area contributed by atoms with E-state index < -0.39 is 9.84 Å². The van der Waals surface area contributed by atoms with E-state index in [9.17, 15) is 8.42 Å². The van der Waals surface area contributed by atoms with Gasteiger partial charge in [-0.05, 0) is 56.0 Å². The molecular formula is C23H26N2O4S. The number of hydrogen-bond donors (Lipinski definition) is 0. The predicted molar refractivity (Wildman–Crippen MR) is 116 cm³/mol. The van der Waals surface area contributed by atoms with Gasteiger partial charge in [-0.25, -0.2) is 8.42 Å². The Hall–Kier alpha value is -2.80. The first-order valence-corrected chi connectivity index (χ1v) is 11.6. The Morgan fingerprint density at radius 1 is 1.10 bits per heavy atom. The summed E-state index contributed by atoms with van der Waals surface area (Å²) in [5.41, 5.74) is 1.67. The van der Waals surface area contributed by atoms with Crippen LogP contribution < -0.4 is 9.64 Å². The zero-order valence-electron chi connectivity index (χ0n) is 17.5. The Bertz CT molecular complexity index is 1130. The number of anilines is 1. The molecule has 4 rings (SSSR count). The summed E-state index contributed by atoms with van der Waals surface area (Å²) in [6.45, 7) is 5.62. The predicted octanol–water partition coefficient (Wildman–Crippen LogP) is 4.73. The number of aromatic nitrogens is 1. The van der Waals surface area contributed by atoms with E-state index >= 15 is 0 Å². The summed E-state index contributed by atoms with van der Waals surface area (Å²) < 4.78 is 38.3. The zero-order valence-corrected chi connectivity index (χ0v) is 18.3.